The molecule has 5 saturated carbocycles. The highest BCUT2D eigenvalue weighted by Gasteiger charge is 2.73. The molecule has 100 valence electrons. The van der Waals surface area contributed by atoms with Crippen molar-refractivity contribution in [1.29, 1.82) is 0 Å². The lowest BCUT2D eigenvalue weighted by Gasteiger charge is -2.56. The van der Waals surface area contributed by atoms with E-state index in [1.807, 2.05) is 13.8 Å². The minimum absolute atomic E-state index is 0.0650. The van der Waals surface area contributed by atoms with Gasteiger partial charge in [0.2, 0.25) is 0 Å². The van der Waals surface area contributed by atoms with Crippen LogP contribution in [-0.4, -0.2) is 22.3 Å². The van der Waals surface area contributed by atoms with Crippen LogP contribution in [0.5, 0.6) is 0 Å². The van der Waals surface area contributed by atoms with E-state index >= 15 is 0 Å². The van der Waals surface area contributed by atoms with Crippen LogP contribution in [0.3, 0.4) is 0 Å². The molecule has 0 aromatic rings. The number of carbonyl (C=O) groups is 1. The highest BCUT2D eigenvalue weighted by atomic mass is 16.6. The van der Waals surface area contributed by atoms with E-state index in [9.17, 15) is 9.90 Å². The number of carbonyl (C=O) groups excluding carboxylic acids is 1. The standard InChI is InChI=1S/C15H22O3/c1-8(2)13(16)18-15-5-9-3-10-4-14(17,7-15)6-11(9)12(10)15/h8-12,17H,3-7H2,1-2H3. The van der Waals surface area contributed by atoms with E-state index < -0.39 is 5.60 Å². The van der Waals surface area contributed by atoms with Crippen molar-refractivity contribution < 1.29 is 14.6 Å². The smallest absolute Gasteiger partial charge is 0.308 e. The largest absolute Gasteiger partial charge is 0.458 e. The second-order valence-corrected chi connectivity index (χ2v) is 7.60. The summed E-state index contributed by atoms with van der Waals surface area (Å²) in [5, 5.41) is 10.7. The predicted molar refractivity (Wildman–Crippen MR) is 65.7 cm³/mol. The molecule has 5 aliphatic rings. The maximum Gasteiger partial charge on any atom is 0.308 e. The van der Waals surface area contributed by atoms with E-state index in [0.29, 0.717) is 30.1 Å². The molecule has 0 amide bonds. The van der Waals surface area contributed by atoms with Gasteiger partial charge in [0.25, 0.3) is 0 Å². The van der Waals surface area contributed by atoms with Gasteiger partial charge in [-0.15, -0.1) is 0 Å². The number of hydrogen-bond acceptors (Lipinski definition) is 3. The van der Waals surface area contributed by atoms with Gasteiger partial charge in [-0.25, -0.2) is 0 Å². The fourth-order valence-corrected chi connectivity index (χ4v) is 5.86. The normalized spacial score (nSPS) is 55.6. The van der Waals surface area contributed by atoms with Crippen molar-refractivity contribution in [2.24, 2.45) is 29.6 Å². The second-order valence-electron chi connectivity index (χ2n) is 7.60. The number of rotatable bonds is 2. The van der Waals surface area contributed by atoms with Crippen LogP contribution in [0.2, 0.25) is 0 Å². The molecule has 1 N–H and O–H groups in total. The highest BCUT2D eigenvalue weighted by Crippen LogP contribution is 2.72. The quantitative estimate of drug-likeness (QED) is 0.764. The van der Waals surface area contributed by atoms with Crippen molar-refractivity contribution in [2.75, 3.05) is 0 Å². The predicted octanol–water partition coefficient (Wildman–Crippen LogP) is 2.13. The molecular formula is C15H22O3. The van der Waals surface area contributed by atoms with Gasteiger partial charge in [-0.3, -0.25) is 4.79 Å². The fourth-order valence-electron chi connectivity index (χ4n) is 5.86. The van der Waals surface area contributed by atoms with Crippen molar-refractivity contribution in [3.63, 3.8) is 0 Å². The van der Waals surface area contributed by atoms with Crippen LogP contribution in [0.1, 0.15) is 46.0 Å². The van der Waals surface area contributed by atoms with Crippen molar-refractivity contribution in [2.45, 2.75) is 57.2 Å². The monoisotopic (exact) mass is 250 g/mol. The van der Waals surface area contributed by atoms with E-state index in [1.165, 1.54) is 6.42 Å². The van der Waals surface area contributed by atoms with Crippen LogP contribution >= 0.6 is 0 Å². The molecule has 0 radical (unpaired) electrons. The van der Waals surface area contributed by atoms with Crippen molar-refractivity contribution in [3.05, 3.63) is 0 Å². The Morgan fingerprint density at radius 2 is 2.06 bits per heavy atom. The summed E-state index contributed by atoms with van der Waals surface area (Å²) in [6.07, 6.45) is 4.89. The van der Waals surface area contributed by atoms with Gasteiger partial charge in [0.1, 0.15) is 5.60 Å². The first-order valence-corrected chi connectivity index (χ1v) is 7.38. The Morgan fingerprint density at radius 1 is 1.28 bits per heavy atom. The highest BCUT2D eigenvalue weighted by molar-refractivity contribution is 5.72. The molecule has 5 aliphatic carbocycles. The lowest BCUT2D eigenvalue weighted by atomic mass is 9.56. The zero-order valence-electron chi connectivity index (χ0n) is 11.2. The van der Waals surface area contributed by atoms with Gasteiger partial charge in [0.15, 0.2) is 0 Å². The minimum Gasteiger partial charge on any atom is -0.458 e. The van der Waals surface area contributed by atoms with Gasteiger partial charge in [0, 0.05) is 12.3 Å². The molecule has 0 aromatic heterocycles. The van der Waals surface area contributed by atoms with Crippen molar-refractivity contribution >= 4 is 5.97 Å². The molecule has 0 aromatic carbocycles. The molecular weight excluding hydrogens is 228 g/mol. The number of esters is 1. The van der Waals surface area contributed by atoms with Gasteiger partial charge >= 0.3 is 5.97 Å². The average molecular weight is 250 g/mol. The minimum atomic E-state index is -0.535. The third-order valence-corrected chi connectivity index (χ3v) is 6.06. The van der Waals surface area contributed by atoms with E-state index in [-0.39, 0.29) is 17.5 Å². The van der Waals surface area contributed by atoms with Crippen LogP contribution in [0.15, 0.2) is 0 Å². The van der Waals surface area contributed by atoms with Crippen molar-refractivity contribution in [1.82, 2.24) is 0 Å². The molecule has 18 heavy (non-hydrogen) atoms. The van der Waals surface area contributed by atoms with Gasteiger partial charge in [-0.2, -0.15) is 0 Å². The summed E-state index contributed by atoms with van der Waals surface area (Å²) < 4.78 is 5.93. The third-order valence-electron chi connectivity index (χ3n) is 6.06. The molecule has 0 spiro atoms. The first-order chi connectivity index (χ1) is 8.42. The SMILES string of the molecule is CC(C)C(=O)OC12CC3CC4CC(O)(CC3C41)C2. The Balaban J connectivity index is 1.69. The number of hydrogen-bond donors (Lipinski definition) is 1. The Labute approximate surface area is 108 Å². The average Bonchev–Trinajstić information content (AvgIpc) is 2.61. The molecule has 0 saturated heterocycles. The molecule has 3 nitrogen and oxygen atoms in total. The summed E-state index contributed by atoms with van der Waals surface area (Å²) >= 11 is 0. The number of ether oxygens (including phenoxy) is 1. The topological polar surface area (TPSA) is 46.5 Å². The molecule has 6 unspecified atom stereocenters. The summed E-state index contributed by atoms with van der Waals surface area (Å²) in [5.74, 6) is 2.36. The maximum atomic E-state index is 12.0. The Morgan fingerprint density at radius 3 is 2.72 bits per heavy atom. The Kier molecular flexibility index (Phi) is 1.95. The van der Waals surface area contributed by atoms with Crippen LogP contribution in [0, 0.1) is 29.6 Å². The summed E-state index contributed by atoms with van der Waals surface area (Å²) in [7, 11) is 0. The van der Waals surface area contributed by atoms with Crippen LogP contribution < -0.4 is 0 Å². The summed E-state index contributed by atoms with van der Waals surface area (Å²) in [4.78, 5) is 12.0. The fraction of sp³-hybridized carbons (Fsp3) is 0.933. The van der Waals surface area contributed by atoms with E-state index in [4.69, 9.17) is 4.74 Å². The molecule has 6 bridgehead atoms. The van der Waals surface area contributed by atoms with Crippen LogP contribution in [0.4, 0.5) is 0 Å². The van der Waals surface area contributed by atoms with Crippen LogP contribution in [0.25, 0.3) is 0 Å². The molecule has 3 heteroatoms. The van der Waals surface area contributed by atoms with Gasteiger partial charge in [-0.1, -0.05) is 13.8 Å². The molecule has 0 heterocycles. The zero-order chi connectivity index (χ0) is 12.7. The third kappa shape index (κ3) is 1.21. The lowest BCUT2D eigenvalue weighted by molar-refractivity contribution is -0.216. The summed E-state index contributed by atoms with van der Waals surface area (Å²) in [5.41, 5.74) is -0.836. The zero-order valence-corrected chi connectivity index (χ0v) is 11.2. The summed E-state index contributed by atoms with van der Waals surface area (Å²) in [6.45, 7) is 3.78. The van der Waals surface area contributed by atoms with Crippen molar-refractivity contribution in [3.8, 4) is 0 Å². The maximum absolute atomic E-state index is 12.0. The molecule has 5 fully saturated rings. The van der Waals surface area contributed by atoms with E-state index in [1.54, 1.807) is 0 Å². The summed E-state index contributed by atoms with van der Waals surface area (Å²) in [6, 6.07) is 0. The number of aliphatic hydroxyl groups is 1. The van der Waals surface area contributed by atoms with E-state index in [2.05, 4.69) is 0 Å². The first kappa shape index (κ1) is 11.3. The molecule has 6 atom stereocenters. The Hall–Kier alpha value is -0.570. The lowest BCUT2D eigenvalue weighted by Crippen LogP contribution is -2.60. The Bertz CT molecular complexity index is 418. The molecule has 0 aliphatic heterocycles. The van der Waals surface area contributed by atoms with E-state index in [0.717, 1.165) is 19.3 Å². The second kappa shape index (κ2) is 3.12. The van der Waals surface area contributed by atoms with Gasteiger partial charge < -0.3 is 9.84 Å². The van der Waals surface area contributed by atoms with Gasteiger partial charge in [0.05, 0.1) is 11.5 Å². The molecule has 5 rings (SSSR count). The first-order valence-electron chi connectivity index (χ1n) is 7.38. The van der Waals surface area contributed by atoms with Crippen LogP contribution in [-0.2, 0) is 9.53 Å². The van der Waals surface area contributed by atoms with Gasteiger partial charge in [-0.05, 0) is 43.4 Å².